The van der Waals surface area contributed by atoms with Crippen molar-refractivity contribution in [3.8, 4) is 0 Å². The Morgan fingerprint density at radius 1 is 1.30 bits per heavy atom. The predicted octanol–water partition coefficient (Wildman–Crippen LogP) is 1.27. The fourth-order valence-electron chi connectivity index (χ4n) is 1.91. The summed E-state index contributed by atoms with van der Waals surface area (Å²) in [7, 11) is 0. The lowest BCUT2D eigenvalue weighted by atomic mass is 9.80. The maximum atomic E-state index is 5.39. The minimum atomic E-state index is 0.566. The molecule has 1 fully saturated rings. The molecule has 0 bridgehead atoms. The van der Waals surface area contributed by atoms with E-state index in [2.05, 4.69) is 19.3 Å². The van der Waals surface area contributed by atoms with Crippen molar-refractivity contribution in [3.05, 3.63) is 0 Å². The first-order valence-corrected chi connectivity index (χ1v) is 4.20. The van der Waals surface area contributed by atoms with Crippen LogP contribution in [-0.4, -0.2) is 6.04 Å². The van der Waals surface area contributed by atoms with Crippen molar-refractivity contribution in [1.82, 2.24) is 5.43 Å². The highest BCUT2D eigenvalue weighted by atomic mass is 15.2. The van der Waals surface area contributed by atoms with E-state index in [1.54, 1.807) is 0 Å². The lowest BCUT2D eigenvalue weighted by Gasteiger charge is -2.31. The molecule has 60 valence electrons. The molecule has 0 aromatic carbocycles. The SMILES string of the molecule is CC1CCC(NN)C(C)C1. The van der Waals surface area contributed by atoms with E-state index in [-0.39, 0.29) is 0 Å². The Balaban J connectivity index is 2.36. The molecule has 0 heterocycles. The average molecular weight is 142 g/mol. The molecule has 2 nitrogen and oxygen atoms in total. The second kappa shape index (κ2) is 3.35. The molecule has 3 N–H and O–H groups in total. The molecule has 10 heavy (non-hydrogen) atoms. The van der Waals surface area contributed by atoms with Crippen LogP contribution in [0, 0.1) is 11.8 Å². The van der Waals surface area contributed by atoms with Crippen LogP contribution in [0.3, 0.4) is 0 Å². The van der Waals surface area contributed by atoms with Crippen LogP contribution in [0.2, 0.25) is 0 Å². The van der Waals surface area contributed by atoms with Crippen molar-refractivity contribution in [1.29, 1.82) is 0 Å². The van der Waals surface area contributed by atoms with Gasteiger partial charge in [0, 0.05) is 6.04 Å². The van der Waals surface area contributed by atoms with E-state index < -0.39 is 0 Å². The summed E-state index contributed by atoms with van der Waals surface area (Å²) < 4.78 is 0. The number of hydrogen-bond donors (Lipinski definition) is 2. The molecular weight excluding hydrogens is 124 g/mol. The van der Waals surface area contributed by atoms with E-state index in [0.29, 0.717) is 6.04 Å². The first kappa shape index (κ1) is 8.02. The lowest BCUT2D eigenvalue weighted by Crippen LogP contribution is -2.42. The van der Waals surface area contributed by atoms with Crippen LogP contribution in [0.4, 0.5) is 0 Å². The van der Waals surface area contributed by atoms with E-state index in [1.165, 1.54) is 19.3 Å². The van der Waals surface area contributed by atoms with Crippen LogP contribution >= 0.6 is 0 Å². The van der Waals surface area contributed by atoms with Crippen LogP contribution in [0.25, 0.3) is 0 Å². The molecule has 3 atom stereocenters. The Morgan fingerprint density at radius 3 is 2.50 bits per heavy atom. The summed E-state index contributed by atoms with van der Waals surface area (Å²) in [6, 6.07) is 0.566. The summed E-state index contributed by atoms with van der Waals surface area (Å²) >= 11 is 0. The van der Waals surface area contributed by atoms with Gasteiger partial charge in [-0.25, -0.2) is 0 Å². The Labute approximate surface area is 63.1 Å². The average Bonchev–Trinajstić information content (AvgIpc) is 1.88. The van der Waals surface area contributed by atoms with E-state index >= 15 is 0 Å². The quantitative estimate of drug-likeness (QED) is 0.427. The largest absolute Gasteiger partial charge is 0.271 e. The fourth-order valence-corrected chi connectivity index (χ4v) is 1.91. The molecule has 0 aromatic rings. The highest BCUT2D eigenvalue weighted by Gasteiger charge is 2.23. The summed E-state index contributed by atoms with van der Waals surface area (Å²) in [5.74, 6) is 7.05. The number of hydrazine groups is 1. The Hall–Kier alpha value is -0.0800. The van der Waals surface area contributed by atoms with Gasteiger partial charge in [0.2, 0.25) is 0 Å². The zero-order chi connectivity index (χ0) is 7.56. The van der Waals surface area contributed by atoms with Gasteiger partial charge in [0.05, 0.1) is 0 Å². The summed E-state index contributed by atoms with van der Waals surface area (Å²) in [6.07, 6.45) is 3.91. The van der Waals surface area contributed by atoms with Gasteiger partial charge in [-0.05, 0) is 31.1 Å². The molecule has 1 rings (SSSR count). The minimum absolute atomic E-state index is 0.566. The maximum Gasteiger partial charge on any atom is 0.0236 e. The van der Waals surface area contributed by atoms with Crippen LogP contribution in [0.5, 0.6) is 0 Å². The van der Waals surface area contributed by atoms with E-state index in [1.807, 2.05) is 0 Å². The molecule has 0 amide bonds. The molecule has 0 aromatic heterocycles. The molecule has 0 radical (unpaired) electrons. The number of hydrogen-bond acceptors (Lipinski definition) is 2. The number of rotatable bonds is 1. The van der Waals surface area contributed by atoms with Crippen molar-refractivity contribution in [2.45, 2.75) is 39.2 Å². The Kier molecular flexibility index (Phi) is 2.69. The van der Waals surface area contributed by atoms with Crippen LogP contribution in [0.15, 0.2) is 0 Å². The van der Waals surface area contributed by atoms with Crippen LogP contribution < -0.4 is 11.3 Å². The summed E-state index contributed by atoms with van der Waals surface area (Å²) in [5.41, 5.74) is 2.87. The second-order valence-electron chi connectivity index (χ2n) is 3.67. The maximum absolute atomic E-state index is 5.39. The van der Waals surface area contributed by atoms with Crippen LogP contribution in [0.1, 0.15) is 33.1 Å². The summed E-state index contributed by atoms with van der Waals surface area (Å²) in [4.78, 5) is 0. The number of nitrogens with one attached hydrogen (secondary N) is 1. The molecular formula is C8H18N2. The van der Waals surface area contributed by atoms with Crippen LogP contribution in [-0.2, 0) is 0 Å². The third-order valence-corrected chi connectivity index (χ3v) is 2.65. The van der Waals surface area contributed by atoms with Gasteiger partial charge in [-0.3, -0.25) is 11.3 Å². The molecule has 1 aliphatic carbocycles. The van der Waals surface area contributed by atoms with Gasteiger partial charge < -0.3 is 0 Å². The first-order chi connectivity index (χ1) is 4.74. The lowest BCUT2D eigenvalue weighted by molar-refractivity contribution is 0.230. The normalized spacial score (nSPS) is 41.7. The molecule has 0 saturated heterocycles. The van der Waals surface area contributed by atoms with Gasteiger partial charge in [0.25, 0.3) is 0 Å². The standard InChI is InChI=1S/C8H18N2/c1-6-3-4-8(10-9)7(2)5-6/h6-8,10H,3-5,9H2,1-2H3. The zero-order valence-electron chi connectivity index (χ0n) is 6.93. The highest BCUT2D eigenvalue weighted by Crippen LogP contribution is 2.27. The van der Waals surface area contributed by atoms with Gasteiger partial charge in [-0.1, -0.05) is 13.8 Å². The van der Waals surface area contributed by atoms with E-state index in [9.17, 15) is 0 Å². The molecule has 2 heteroatoms. The van der Waals surface area contributed by atoms with Gasteiger partial charge in [-0.2, -0.15) is 0 Å². The van der Waals surface area contributed by atoms with Crippen molar-refractivity contribution in [3.63, 3.8) is 0 Å². The first-order valence-electron chi connectivity index (χ1n) is 4.20. The third kappa shape index (κ3) is 1.70. The summed E-state index contributed by atoms with van der Waals surface area (Å²) in [6.45, 7) is 4.60. The van der Waals surface area contributed by atoms with Crippen molar-refractivity contribution < 1.29 is 0 Å². The summed E-state index contributed by atoms with van der Waals surface area (Å²) in [5, 5.41) is 0. The van der Waals surface area contributed by atoms with E-state index in [0.717, 1.165) is 11.8 Å². The van der Waals surface area contributed by atoms with Gasteiger partial charge >= 0.3 is 0 Å². The van der Waals surface area contributed by atoms with E-state index in [4.69, 9.17) is 5.84 Å². The van der Waals surface area contributed by atoms with Gasteiger partial charge in [0.1, 0.15) is 0 Å². The zero-order valence-corrected chi connectivity index (χ0v) is 6.93. The highest BCUT2D eigenvalue weighted by molar-refractivity contribution is 4.78. The fraction of sp³-hybridized carbons (Fsp3) is 1.00. The van der Waals surface area contributed by atoms with Gasteiger partial charge in [0.15, 0.2) is 0 Å². The Bertz CT molecular complexity index is 103. The predicted molar refractivity (Wildman–Crippen MR) is 43.3 cm³/mol. The van der Waals surface area contributed by atoms with Crippen molar-refractivity contribution in [2.75, 3.05) is 0 Å². The second-order valence-corrected chi connectivity index (χ2v) is 3.67. The Morgan fingerprint density at radius 2 is 2.00 bits per heavy atom. The van der Waals surface area contributed by atoms with Crippen molar-refractivity contribution in [2.24, 2.45) is 17.7 Å². The monoisotopic (exact) mass is 142 g/mol. The third-order valence-electron chi connectivity index (χ3n) is 2.65. The molecule has 1 aliphatic rings. The molecule has 0 spiro atoms. The van der Waals surface area contributed by atoms with Crippen molar-refractivity contribution >= 4 is 0 Å². The molecule has 1 saturated carbocycles. The smallest absolute Gasteiger partial charge is 0.0236 e. The topological polar surface area (TPSA) is 38.0 Å². The molecule has 0 aliphatic heterocycles. The van der Waals surface area contributed by atoms with Gasteiger partial charge in [-0.15, -0.1) is 0 Å². The number of nitrogens with two attached hydrogens (primary N) is 1. The molecule has 3 unspecified atom stereocenters. The minimum Gasteiger partial charge on any atom is -0.271 e.